The number of nitrogens with one attached hydrogen (secondary N) is 2. The lowest BCUT2D eigenvalue weighted by Crippen LogP contribution is -2.35. The smallest absolute Gasteiger partial charge is 0.243 e. The summed E-state index contributed by atoms with van der Waals surface area (Å²) in [6.07, 6.45) is 5.86. The molecule has 0 radical (unpaired) electrons. The fourth-order valence-electron chi connectivity index (χ4n) is 4.11. The number of amides is 1. The second-order valence-electron chi connectivity index (χ2n) is 8.33. The van der Waals surface area contributed by atoms with Crippen molar-refractivity contribution in [1.29, 1.82) is 0 Å². The van der Waals surface area contributed by atoms with E-state index in [2.05, 4.69) is 15.3 Å². The Morgan fingerprint density at radius 2 is 1.85 bits per heavy atom. The van der Waals surface area contributed by atoms with E-state index >= 15 is 0 Å². The summed E-state index contributed by atoms with van der Waals surface area (Å²) in [7, 11) is -3.47. The van der Waals surface area contributed by atoms with Crippen molar-refractivity contribution in [3.8, 4) is 0 Å². The molecule has 2 aromatic carbocycles. The average Bonchev–Trinajstić information content (AvgIpc) is 3.27. The van der Waals surface area contributed by atoms with E-state index < -0.39 is 10.0 Å². The maximum atomic E-state index is 12.8. The van der Waals surface area contributed by atoms with Crippen molar-refractivity contribution in [2.45, 2.75) is 43.0 Å². The number of rotatable bonds is 9. The van der Waals surface area contributed by atoms with Crippen LogP contribution in [0.4, 0.5) is 0 Å². The van der Waals surface area contributed by atoms with Gasteiger partial charge in [0.05, 0.1) is 28.4 Å². The van der Waals surface area contributed by atoms with Gasteiger partial charge in [-0.3, -0.25) is 4.79 Å². The average molecular weight is 487 g/mol. The quantitative estimate of drug-likeness (QED) is 0.478. The number of aromatic nitrogens is 2. The summed E-state index contributed by atoms with van der Waals surface area (Å²) in [5, 5.41) is 3.10. The molecule has 0 saturated carbocycles. The topological polar surface area (TPSA) is 95.2 Å². The van der Waals surface area contributed by atoms with Crippen LogP contribution in [0.25, 0.3) is 11.0 Å². The number of fused-ring (bicyclic) bond motifs is 1. The number of hydrogen-bond donors (Lipinski definition) is 2. The number of nitrogens with zero attached hydrogens (tertiary/aromatic N) is 2. The van der Waals surface area contributed by atoms with Gasteiger partial charge in [0, 0.05) is 13.1 Å². The summed E-state index contributed by atoms with van der Waals surface area (Å²) < 4.78 is 27.2. The van der Waals surface area contributed by atoms with Crippen LogP contribution in [0.1, 0.15) is 43.1 Å². The molecular formula is C24H30N4O3S2. The first-order chi connectivity index (χ1) is 16.0. The number of carbonyl (C=O) groups excluding carboxylic acids is 1. The van der Waals surface area contributed by atoms with E-state index in [1.54, 1.807) is 40.3 Å². The van der Waals surface area contributed by atoms with E-state index in [1.807, 2.05) is 30.5 Å². The molecule has 3 aromatic rings. The molecule has 4 rings (SSSR count). The van der Waals surface area contributed by atoms with E-state index in [1.165, 1.54) is 0 Å². The van der Waals surface area contributed by atoms with E-state index in [4.69, 9.17) is 0 Å². The van der Waals surface area contributed by atoms with Crippen molar-refractivity contribution in [1.82, 2.24) is 19.6 Å². The van der Waals surface area contributed by atoms with Crippen molar-refractivity contribution >= 4 is 38.7 Å². The Balaban J connectivity index is 1.42. The fraction of sp³-hybridized carbons (Fsp3) is 0.417. The first-order valence-corrected chi connectivity index (χ1v) is 14.1. The molecule has 0 spiro atoms. The molecule has 176 valence electrons. The normalized spacial score (nSPS) is 16.0. The molecule has 1 fully saturated rings. The van der Waals surface area contributed by atoms with E-state index in [0.29, 0.717) is 13.1 Å². The highest BCUT2D eigenvalue weighted by molar-refractivity contribution is 7.98. The number of aromatic amines is 1. The van der Waals surface area contributed by atoms with E-state index in [0.717, 1.165) is 53.9 Å². The Bertz CT molecular complexity index is 1150. The Morgan fingerprint density at radius 1 is 1.12 bits per heavy atom. The first kappa shape index (κ1) is 23.8. The molecule has 1 aromatic heterocycles. The van der Waals surface area contributed by atoms with Crippen LogP contribution in [0.15, 0.2) is 53.4 Å². The number of piperidine rings is 1. The third-order valence-electron chi connectivity index (χ3n) is 5.92. The lowest BCUT2D eigenvalue weighted by molar-refractivity contribution is -0.121. The summed E-state index contributed by atoms with van der Waals surface area (Å²) >= 11 is 1.72. The molecule has 2 heterocycles. The number of thioether (sulfide) groups is 1. The fourth-order valence-corrected chi connectivity index (χ4v) is 6.10. The van der Waals surface area contributed by atoms with Gasteiger partial charge in [-0.05, 0) is 61.1 Å². The van der Waals surface area contributed by atoms with Crippen LogP contribution in [0, 0.1) is 0 Å². The highest BCUT2D eigenvalue weighted by atomic mass is 32.2. The number of hydrogen-bond acceptors (Lipinski definition) is 5. The van der Waals surface area contributed by atoms with Gasteiger partial charge in [-0.15, -0.1) is 0 Å². The highest BCUT2D eigenvalue weighted by Gasteiger charge is 2.26. The Labute approximate surface area is 199 Å². The summed E-state index contributed by atoms with van der Waals surface area (Å²) in [4.78, 5) is 21.1. The van der Waals surface area contributed by atoms with Gasteiger partial charge < -0.3 is 10.3 Å². The largest absolute Gasteiger partial charge is 0.346 e. The number of para-hydroxylation sites is 2. The molecule has 1 aliphatic heterocycles. The molecular weight excluding hydrogens is 456 g/mol. The minimum Gasteiger partial charge on any atom is -0.346 e. The molecule has 0 aliphatic carbocycles. The van der Waals surface area contributed by atoms with Gasteiger partial charge in [0.1, 0.15) is 5.82 Å². The molecule has 7 nitrogen and oxygen atoms in total. The van der Waals surface area contributed by atoms with E-state index in [-0.39, 0.29) is 23.3 Å². The molecule has 1 amide bonds. The standard InChI is InChI=1S/C24H30N4O3S2/c1-32-16-13-22(24-26-20-7-3-4-8-21(20)27-24)25-23(29)17-18-9-11-19(12-10-18)33(30,31)28-14-5-2-6-15-28/h3-4,7-12,22H,2,5-6,13-17H2,1H3,(H,25,29)(H,26,27)/t22-/m1/s1. The summed E-state index contributed by atoms with van der Waals surface area (Å²) in [6, 6.07) is 14.3. The molecule has 1 aliphatic rings. The van der Waals surface area contributed by atoms with Crippen molar-refractivity contribution < 1.29 is 13.2 Å². The van der Waals surface area contributed by atoms with Crippen LogP contribution in [-0.4, -0.2) is 53.7 Å². The number of imidazole rings is 1. The van der Waals surface area contributed by atoms with Gasteiger partial charge in [0.2, 0.25) is 15.9 Å². The van der Waals surface area contributed by atoms with Crippen LogP contribution >= 0.6 is 11.8 Å². The zero-order valence-corrected chi connectivity index (χ0v) is 20.4. The molecule has 0 bridgehead atoms. The third-order valence-corrected chi connectivity index (χ3v) is 8.48. The van der Waals surface area contributed by atoms with Crippen LogP contribution in [0.3, 0.4) is 0 Å². The zero-order valence-electron chi connectivity index (χ0n) is 18.8. The maximum absolute atomic E-state index is 12.8. The predicted molar refractivity (Wildman–Crippen MR) is 133 cm³/mol. The minimum atomic E-state index is -3.47. The lowest BCUT2D eigenvalue weighted by Gasteiger charge is -2.25. The number of sulfonamides is 1. The number of benzene rings is 2. The van der Waals surface area contributed by atoms with Crippen molar-refractivity contribution in [2.75, 3.05) is 25.1 Å². The van der Waals surface area contributed by atoms with Gasteiger partial charge >= 0.3 is 0 Å². The number of carbonyl (C=O) groups is 1. The maximum Gasteiger partial charge on any atom is 0.243 e. The lowest BCUT2D eigenvalue weighted by atomic mass is 10.1. The molecule has 9 heteroatoms. The zero-order chi connectivity index (χ0) is 23.3. The van der Waals surface area contributed by atoms with Crippen molar-refractivity contribution in [3.63, 3.8) is 0 Å². The van der Waals surface area contributed by atoms with Crippen LogP contribution < -0.4 is 5.32 Å². The minimum absolute atomic E-state index is 0.117. The second-order valence-corrected chi connectivity index (χ2v) is 11.2. The van der Waals surface area contributed by atoms with Gasteiger partial charge in [-0.1, -0.05) is 30.7 Å². The number of H-pyrrole nitrogens is 1. The van der Waals surface area contributed by atoms with Crippen LogP contribution in [0.2, 0.25) is 0 Å². The molecule has 0 unspecified atom stereocenters. The van der Waals surface area contributed by atoms with Crippen molar-refractivity contribution in [2.24, 2.45) is 0 Å². The first-order valence-electron chi connectivity index (χ1n) is 11.3. The van der Waals surface area contributed by atoms with Gasteiger partial charge in [-0.25, -0.2) is 13.4 Å². The monoisotopic (exact) mass is 486 g/mol. The molecule has 1 atom stereocenters. The molecule has 33 heavy (non-hydrogen) atoms. The van der Waals surface area contributed by atoms with Gasteiger partial charge in [-0.2, -0.15) is 16.1 Å². The Morgan fingerprint density at radius 3 is 2.55 bits per heavy atom. The van der Waals surface area contributed by atoms with Gasteiger partial charge in [0.25, 0.3) is 0 Å². The Kier molecular flexibility index (Phi) is 7.72. The van der Waals surface area contributed by atoms with Crippen molar-refractivity contribution in [3.05, 3.63) is 59.9 Å². The highest BCUT2D eigenvalue weighted by Crippen LogP contribution is 2.22. The van der Waals surface area contributed by atoms with Crippen LogP contribution in [-0.2, 0) is 21.2 Å². The summed E-state index contributed by atoms with van der Waals surface area (Å²) in [5.74, 6) is 1.53. The summed E-state index contributed by atoms with van der Waals surface area (Å²) in [6.45, 7) is 1.15. The summed E-state index contributed by atoms with van der Waals surface area (Å²) in [5.41, 5.74) is 2.60. The SMILES string of the molecule is CSCC[C@@H](NC(=O)Cc1ccc(S(=O)(=O)N2CCCCC2)cc1)c1nc2ccccc2[nH]1. The third kappa shape index (κ3) is 5.77. The Hall–Kier alpha value is -2.36. The molecule has 1 saturated heterocycles. The molecule has 2 N–H and O–H groups in total. The predicted octanol–water partition coefficient (Wildman–Crippen LogP) is 3.89. The van der Waals surface area contributed by atoms with Crippen LogP contribution in [0.5, 0.6) is 0 Å². The van der Waals surface area contributed by atoms with Gasteiger partial charge in [0.15, 0.2) is 0 Å². The van der Waals surface area contributed by atoms with E-state index in [9.17, 15) is 13.2 Å². The second kappa shape index (κ2) is 10.7.